The predicted octanol–water partition coefficient (Wildman–Crippen LogP) is 9.36. The van der Waals surface area contributed by atoms with Gasteiger partial charge in [-0.1, -0.05) is 55.2 Å². The van der Waals surface area contributed by atoms with E-state index in [2.05, 4.69) is 54.7 Å². The molecule has 0 saturated heterocycles. The summed E-state index contributed by atoms with van der Waals surface area (Å²) < 4.78 is 8.36. The quantitative estimate of drug-likeness (QED) is 0.0396. The normalized spacial score (nSPS) is 11.6. The van der Waals surface area contributed by atoms with E-state index in [1.54, 1.807) is 85.2 Å². The summed E-state index contributed by atoms with van der Waals surface area (Å²) in [6, 6.07) is 41.4. The molecule has 6 N–H and O–H groups in total. The molecule has 0 unspecified atom stereocenters. The van der Waals surface area contributed by atoms with Crippen molar-refractivity contribution in [2.75, 3.05) is 31.9 Å². The predicted molar refractivity (Wildman–Crippen MR) is 335 cm³/mol. The first-order valence-electron chi connectivity index (χ1n) is 25.6. The molecule has 0 spiro atoms. The molecule has 0 bridgehead atoms. The van der Waals surface area contributed by atoms with E-state index >= 15 is 0 Å². The molecule has 4 heterocycles. The van der Waals surface area contributed by atoms with Crippen molar-refractivity contribution in [3.05, 3.63) is 242 Å². The number of pyridine rings is 1. The highest BCUT2D eigenvalue weighted by Gasteiger charge is 2.40. The number of esters is 4. The minimum absolute atomic E-state index is 0. The van der Waals surface area contributed by atoms with E-state index < -0.39 is 53.4 Å². The summed E-state index contributed by atoms with van der Waals surface area (Å²) in [6.45, 7) is 2.36. The van der Waals surface area contributed by atoms with Crippen LogP contribution in [0.3, 0.4) is 0 Å². The van der Waals surface area contributed by atoms with E-state index in [-0.39, 0.29) is 63.7 Å². The summed E-state index contributed by atoms with van der Waals surface area (Å²) in [6.07, 6.45) is 30.4. The maximum absolute atomic E-state index is 13.5. The number of ether oxygens (including phenoxy) is 2. The summed E-state index contributed by atoms with van der Waals surface area (Å²) in [5.41, 5.74) is 17.1. The number of rotatable bonds is 6. The molecule has 19 nitrogen and oxygen atoms in total. The minimum Gasteiger partial charge on any atom is -0.399 e. The number of carbonyl (C=O) groups excluding carboxylic acids is 10. The molecule has 89 heavy (non-hydrogen) atoms. The third-order valence-corrected chi connectivity index (χ3v) is 12.3. The zero-order chi connectivity index (χ0) is 63.8. The van der Waals surface area contributed by atoms with Crippen molar-refractivity contribution < 1.29 is 57.4 Å². The van der Waals surface area contributed by atoms with Gasteiger partial charge in [-0.15, -0.1) is 32.1 Å². The highest BCUT2D eigenvalue weighted by atomic mass is 16.6. The summed E-state index contributed by atoms with van der Waals surface area (Å²) in [5, 5.41) is 5.46. The number of terminal acetylenes is 5. The molecule has 0 fully saturated rings. The molecule has 6 amide bonds. The molecular weight excluding hydrogens is 1130 g/mol. The first-order chi connectivity index (χ1) is 42.2. The molecule has 3 aliphatic heterocycles. The van der Waals surface area contributed by atoms with Gasteiger partial charge in [0.2, 0.25) is 0 Å². The lowest BCUT2D eigenvalue weighted by molar-refractivity contribution is -0.156. The van der Waals surface area contributed by atoms with Gasteiger partial charge in [-0.3, -0.25) is 43.3 Å². The second-order valence-corrected chi connectivity index (χ2v) is 18.4. The number of nitrogens with zero attached hydrogens (tertiary/aromatic N) is 3. The molecule has 436 valence electrons. The SMILES string of the molecule is C.C#Cc1ccc2c(c1)C(=O)OC2=O.C#Cc1cccc(NC(=O)c2cc(N)cc(N)c2)c1.C#Cc1cccc(NC(=O)c2cc(N3C(=O)c4ccc(C#C)cc4C3=O)cc(N3C(=O)c4ccc(C#C)cc4C3=O)c2)c1.CC(=O)OC(C)=O.c1ccncc1. The zero-order valence-corrected chi connectivity index (χ0v) is 46.4. The number of aromatic nitrogens is 1. The van der Waals surface area contributed by atoms with Crippen LogP contribution >= 0.6 is 0 Å². The monoisotopic (exact) mass is 1180 g/mol. The standard InChI is InChI=1S/C35H17N3O5.C15H13N3O.C10H4O3.C5H5N.C4H6O3.CH4/c1-4-20-8-7-9-24(14-20)36-31(39)23-17-25(37-32(40)27-12-10-21(5-2)15-29(27)34(37)42)19-26(18-23)38-33(41)28-13-11-22(6-3)16-30(28)35(38)43;1-2-10-4-3-5-14(6-10)18-15(19)11-7-12(16)9-13(17)8-11;1-2-6-3-4-7-8(5-6)10(12)13-9(7)11;1-2-4-6-5-3-1;1-3(5)7-4(2)6;/h1-3,7-19H,(H,36,39);1,3-9H,16-17H2,(H,18,19);1,3-5H;1-5H;1-2H3;1H4. The third kappa shape index (κ3) is 15.8. The summed E-state index contributed by atoms with van der Waals surface area (Å²) >= 11 is 0. The molecule has 1 aromatic heterocycles. The van der Waals surface area contributed by atoms with Crippen LogP contribution in [-0.2, 0) is 19.1 Å². The fourth-order valence-corrected chi connectivity index (χ4v) is 8.39. The number of carbonyl (C=O) groups is 10. The van der Waals surface area contributed by atoms with Gasteiger partial charge in [0, 0.05) is 87.9 Å². The van der Waals surface area contributed by atoms with E-state index in [1.807, 2.05) is 18.2 Å². The number of nitrogens with two attached hydrogens (primary N) is 2. The molecular formula is C70H49N7O12. The second-order valence-electron chi connectivity index (χ2n) is 18.4. The Bertz CT molecular complexity index is 4290. The molecule has 0 saturated carbocycles. The highest BCUT2D eigenvalue weighted by Crippen LogP contribution is 2.36. The van der Waals surface area contributed by atoms with Gasteiger partial charge in [-0.05, 0) is 140 Å². The Balaban J connectivity index is 0.000000223. The molecule has 0 aliphatic carbocycles. The molecule has 11 rings (SSSR count). The second kappa shape index (κ2) is 29.2. The van der Waals surface area contributed by atoms with Crippen LogP contribution in [0, 0.1) is 61.7 Å². The number of anilines is 6. The summed E-state index contributed by atoms with van der Waals surface area (Å²) in [7, 11) is 0. The van der Waals surface area contributed by atoms with Gasteiger partial charge < -0.3 is 31.6 Å². The first kappa shape index (κ1) is 64.8. The van der Waals surface area contributed by atoms with Gasteiger partial charge >= 0.3 is 23.9 Å². The Kier molecular flexibility index (Phi) is 21.3. The molecule has 3 aliphatic rings. The third-order valence-electron chi connectivity index (χ3n) is 12.3. The van der Waals surface area contributed by atoms with Gasteiger partial charge in [-0.25, -0.2) is 19.4 Å². The van der Waals surface area contributed by atoms with E-state index in [0.717, 1.165) is 9.80 Å². The van der Waals surface area contributed by atoms with Crippen molar-refractivity contribution in [1.29, 1.82) is 0 Å². The van der Waals surface area contributed by atoms with E-state index in [4.69, 9.17) is 43.6 Å². The maximum Gasteiger partial charge on any atom is 0.346 e. The number of nitrogens with one attached hydrogen (secondary N) is 2. The average Bonchev–Trinajstić information content (AvgIpc) is 1.65. The fraction of sp³-hybridized carbons (Fsp3) is 0.0429. The van der Waals surface area contributed by atoms with Crippen molar-refractivity contribution in [1.82, 2.24) is 4.98 Å². The number of imide groups is 2. The Labute approximate surface area is 511 Å². The lowest BCUT2D eigenvalue weighted by atomic mass is 10.1. The van der Waals surface area contributed by atoms with Gasteiger partial charge in [0.25, 0.3) is 35.4 Å². The van der Waals surface area contributed by atoms with Crippen molar-refractivity contribution in [3.8, 4) is 61.7 Å². The molecule has 0 radical (unpaired) electrons. The number of hydrogen-bond donors (Lipinski definition) is 4. The van der Waals surface area contributed by atoms with E-state index in [9.17, 15) is 47.9 Å². The van der Waals surface area contributed by atoms with E-state index in [0.29, 0.717) is 56.1 Å². The van der Waals surface area contributed by atoms with Crippen LogP contribution in [0.1, 0.15) is 132 Å². The van der Waals surface area contributed by atoms with Crippen LogP contribution in [0.25, 0.3) is 0 Å². The lowest BCUT2D eigenvalue weighted by Gasteiger charge is -2.20. The Morgan fingerprint density at radius 2 is 0.809 bits per heavy atom. The Morgan fingerprint density at radius 1 is 0.438 bits per heavy atom. The molecule has 7 aromatic carbocycles. The lowest BCUT2D eigenvalue weighted by Crippen LogP contribution is -2.32. The van der Waals surface area contributed by atoms with Gasteiger partial charge in [0.1, 0.15) is 0 Å². The summed E-state index contributed by atoms with van der Waals surface area (Å²) in [4.78, 5) is 127. The topological polar surface area (TPSA) is 285 Å². The van der Waals surface area contributed by atoms with Crippen LogP contribution in [0.15, 0.2) is 170 Å². The largest absolute Gasteiger partial charge is 0.399 e. The van der Waals surface area contributed by atoms with Crippen molar-refractivity contribution in [2.45, 2.75) is 21.3 Å². The maximum atomic E-state index is 13.5. The average molecular weight is 1180 g/mol. The Morgan fingerprint density at radius 3 is 1.18 bits per heavy atom. The number of amides is 6. The minimum atomic E-state index is -0.677. The van der Waals surface area contributed by atoms with Crippen LogP contribution in [-0.4, -0.2) is 64.3 Å². The number of nitrogen functional groups attached to an aromatic ring is 2. The smallest absolute Gasteiger partial charge is 0.346 e. The molecule has 19 heteroatoms. The number of hydrogen-bond acceptors (Lipinski definition) is 15. The van der Waals surface area contributed by atoms with Crippen LogP contribution in [0.4, 0.5) is 34.1 Å². The van der Waals surface area contributed by atoms with Crippen molar-refractivity contribution in [3.63, 3.8) is 0 Å². The highest BCUT2D eigenvalue weighted by molar-refractivity contribution is 6.36. The number of benzene rings is 7. The van der Waals surface area contributed by atoms with Crippen LogP contribution < -0.4 is 31.9 Å². The van der Waals surface area contributed by atoms with Gasteiger partial charge in [-0.2, -0.15) is 0 Å². The Hall–Kier alpha value is -13.4. The van der Waals surface area contributed by atoms with Crippen molar-refractivity contribution >= 4 is 93.4 Å². The van der Waals surface area contributed by atoms with Gasteiger partial charge in [0.05, 0.1) is 44.8 Å². The van der Waals surface area contributed by atoms with E-state index in [1.165, 1.54) is 80.6 Å². The van der Waals surface area contributed by atoms with Crippen LogP contribution in [0.5, 0.6) is 0 Å². The number of cyclic esters (lactones) is 2. The van der Waals surface area contributed by atoms with Gasteiger partial charge in [0.15, 0.2) is 0 Å². The first-order valence-corrected chi connectivity index (χ1v) is 25.6. The van der Waals surface area contributed by atoms with Crippen molar-refractivity contribution in [2.24, 2.45) is 0 Å². The molecule has 0 atom stereocenters. The van der Waals surface area contributed by atoms with Crippen LogP contribution in [0.2, 0.25) is 0 Å². The fourth-order valence-electron chi connectivity index (χ4n) is 8.39. The number of fused-ring (bicyclic) bond motifs is 3. The summed E-state index contributed by atoms with van der Waals surface area (Å²) in [5.74, 6) is 6.28. The molecule has 8 aromatic rings. The zero-order valence-electron chi connectivity index (χ0n) is 46.4.